The molecule has 0 fully saturated rings. The van der Waals surface area contributed by atoms with Crippen molar-refractivity contribution in [1.82, 2.24) is 0 Å². The van der Waals surface area contributed by atoms with E-state index in [1.54, 1.807) is 0 Å². The van der Waals surface area contributed by atoms with Gasteiger partial charge in [0.1, 0.15) is 11.0 Å². The van der Waals surface area contributed by atoms with Crippen LogP contribution in [0, 0.1) is 6.92 Å². The Morgan fingerprint density at radius 3 is 2.50 bits per heavy atom. The fourth-order valence-electron chi connectivity index (χ4n) is 2.61. The van der Waals surface area contributed by atoms with Crippen LogP contribution >= 0.6 is 0 Å². The number of aryl methyl sites for hydroxylation is 1. The molecule has 0 atom stereocenters. The van der Waals surface area contributed by atoms with Gasteiger partial charge in [-0.2, -0.15) is 0 Å². The summed E-state index contributed by atoms with van der Waals surface area (Å²) in [6.07, 6.45) is 2.13. The van der Waals surface area contributed by atoms with E-state index in [1.807, 2.05) is 6.07 Å². The van der Waals surface area contributed by atoms with Gasteiger partial charge >= 0.3 is 0 Å². The topological polar surface area (TPSA) is 13.1 Å². The normalized spacial score (nSPS) is 13.8. The fraction of sp³-hybridized carbons (Fsp3) is 0.158. The average Bonchev–Trinajstić information content (AvgIpc) is 2.85. The van der Waals surface area contributed by atoms with Crippen molar-refractivity contribution in [3.63, 3.8) is 0 Å². The molecule has 0 saturated carbocycles. The zero-order chi connectivity index (χ0) is 14.1. The predicted molar refractivity (Wildman–Crippen MR) is 85.0 cm³/mol. The van der Waals surface area contributed by atoms with Crippen molar-refractivity contribution in [2.45, 2.75) is 20.8 Å². The highest BCUT2D eigenvalue weighted by Gasteiger charge is 2.06. The first-order valence-corrected chi connectivity index (χ1v) is 6.92. The van der Waals surface area contributed by atoms with Crippen molar-refractivity contribution in [1.29, 1.82) is 0 Å². The first-order chi connectivity index (χ1) is 9.70. The van der Waals surface area contributed by atoms with E-state index < -0.39 is 0 Å². The van der Waals surface area contributed by atoms with Crippen molar-refractivity contribution in [3.8, 4) is 0 Å². The lowest BCUT2D eigenvalue weighted by molar-refractivity contribution is 0.572. The third-order valence-corrected chi connectivity index (χ3v) is 3.72. The molecule has 1 aromatic heterocycles. The summed E-state index contributed by atoms with van der Waals surface area (Å²) in [5, 5.41) is 2.38. The van der Waals surface area contributed by atoms with Gasteiger partial charge in [-0.25, -0.2) is 0 Å². The summed E-state index contributed by atoms with van der Waals surface area (Å²) in [6.45, 7) is 6.29. The van der Waals surface area contributed by atoms with Gasteiger partial charge in [0, 0.05) is 10.6 Å². The lowest BCUT2D eigenvalue weighted by Crippen LogP contribution is -2.22. The fourth-order valence-corrected chi connectivity index (χ4v) is 2.61. The van der Waals surface area contributed by atoms with Crippen LogP contribution in [0.3, 0.4) is 0 Å². The Labute approximate surface area is 118 Å². The zero-order valence-electron chi connectivity index (χ0n) is 12.1. The van der Waals surface area contributed by atoms with E-state index in [2.05, 4.69) is 69.3 Å². The molecule has 0 aliphatic carbocycles. The molecule has 100 valence electrons. The molecule has 1 heterocycles. The van der Waals surface area contributed by atoms with Gasteiger partial charge < -0.3 is 4.42 Å². The number of benzene rings is 2. The van der Waals surface area contributed by atoms with Gasteiger partial charge in [-0.15, -0.1) is 0 Å². The number of hydrogen-bond donors (Lipinski definition) is 0. The van der Waals surface area contributed by atoms with E-state index in [1.165, 1.54) is 27.3 Å². The van der Waals surface area contributed by atoms with Gasteiger partial charge in [-0.1, -0.05) is 48.0 Å². The van der Waals surface area contributed by atoms with E-state index in [0.29, 0.717) is 0 Å². The van der Waals surface area contributed by atoms with Gasteiger partial charge in [0.25, 0.3) is 0 Å². The van der Waals surface area contributed by atoms with Gasteiger partial charge in [0.05, 0.1) is 0 Å². The summed E-state index contributed by atoms with van der Waals surface area (Å²) in [5.74, 6) is 0. The van der Waals surface area contributed by atoms with Crippen LogP contribution in [0.5, 0.6) is 0 Å². The molecule has 0 radical (unpaired) electrons. The Morgan fingerprint density at radius 1 is 1.05 bits per heavy atom. The highest BCUT2D eigenvalue weighted by atomic mass is 16.3. The van der Waals surface area contributed by atoms with Gasteiger partial charge in [0.2, 0.25) is 0 Å². The minimum absolute atomic E-state index is 0.953. The first-order valence-electron chi connectivity index (χ1n) is 6.92. The van der Waals surface area contributed by atoms with Crippen LogP contribution in [0.4, 0.5) is 0 Å². The zero-order valence-corrected chi connectivity index (χ0v) is 12.1. The van der Waals surface area contributed by atoms with E-state index in [9.17, 15) is 0 Å². The van der Waals surface area contributed by atoms with E-state index in [0.717, 1.165) is 11.0 Å². The summed E-state index contributed by atoms with van der Waals surface area (Å²) in [6, 6.07) is 16.7. The molecular formula is C19H18O. The molecular weight excluding hydrogens is 244 g/mol. The van der Waals surface area contributed by atoms with Crippen LogP contribution < -0.4 is 10.6 Å². The number of furan rings is 1. The van der Waals surface area contributed by atoms with Crippen molar-refractivity contribution in [2.24, 2.45) is 0 Å². The summed E-state index contributed by atoms with van der Waals surface area (Å²) in [7, 11) is 0. The van der Waals surface area contributed by atoms with Crippen LogP contribution in [-0.2, 0) is 0 Å². The molecule has 0 aliphatic heterocycles. The van der Waals surface area contributed by atoms with Crippen molar-refractivity contribution in [3.05, 3.63) is 70.3 Å². The Kier molecular flexibility index (Phi) is 3.19. The molecule has 3 rings (SSSR count). The maximum atomic E-state index is 6.09. The van der Waals surface area contributed by atoms with Crippen LogP contribution in [0.1, 0.15) is 25.0 Å². The molecule has 2 aromatic carbocycles. The van der Waals surface area contributed by atoms with E-state index >= 15 is 0 Å². The highest BCUT2D eigenvalue weighted by Crippen LogP contribution is 2.13. The highest BCUT2D eigenvalue weighted by molar-refractivity contribution is 5.81. The summed E-state index contributed by atoms with van der Waals surface area (Å²) < 4.78 is 6.09. The van der Waals surface area contributed by atoms with Crippen LogP contribution in [-0.4, -0.2) is 0 Å². The van der Waals surface area contributed by atoms with Crippen LogP contribution in [0.15, 0.2) is 52.9 Å². The maximum absolute atomic E-state index is 6.09. The predicted octanol–water partition coefficient (Wildman–Crippen LogP) is 3.76. The lowest BCUT2D eigenvalue weighted by Gasteiger charge is -1.98. The Balaban J connectivity index is 2.43. The lowest BCUT2D eigenvalue weighted by atomic mass is 10.1. The maximum Gasteiger partial charge on any atom is 0.138 e. The van der Waals surface area contributed by atoms with Crippen molar-refractivity contribution in [2.75, 3.05) is 0 Å². The molecule has 0 spiro atoms. The quantitative estimate of drug-likeness (QED) is 0.651. The van der Waals surface area contributed by atoms with E-state index in [4.69, 9.17) is 4.42 Å². The Hall–Kier alpha value is -2.28. The molecule has 1 heteroatoms. The Bertz CT molecular complexity index is 867. The summed E-state index contributed by atoms with van der Waals surface area (Å²) >= 11 is 0. The van der Waals surface area contributed by atoms with Crippen LogP contribution in [0.2, 0.25) is 0 Å². The minimum atomic E-state index is 0.953. The molecule has 3 aromatic rings. The molecule has 20 heavy (non-hydrogen) atoms. The number of rotatable bonds is 1. The van der Waals surface area contributed by atoms with E-state index in [-0.39, 0.29) is 0 Å². The minimum Gasteiger partial charge on any atom is -0.456 e. The molecule has 0 N–H and O–H groups in total. The third-order valence-electron chi connectivity index (χ3n) is 3.72. The molecule has 0 saturated heterocycles. The monoisotopic (exact) mass is 262 g/mol. The molecule has 0 amide bonds. The summed E-state index contributed by atoms with van der Waals surface area (Å²) in [4.78, 5) is 0. The number of fused-ring (bicyclic) bond motifs is 1. The molecule has 0 unspecified atom stereocenters. The van der Waals surface area contributed by atoms with Gasteiger partial charge in [-0.3, -0.25) is 0 Å². The second-order valence-electron chi connectivity index (χ2n) is 5.12. The van der Waals surface area contributed by atoms with Gasteiger partial charge in [0.15, 0.2) is 0 Å². The molecule has 1 nitrogen and oxygen atoms in total. The Morgan fingerprint density at radius 2 is 1.80 bits per heavy atom. The van der Waals surface area contributed by atoms with Crippen LogP contribution in [0.25, 0.3) is 22.6 Å². The second kappa shape index (κ2) is 5.01. The van der Waals surface area contributed by atoms with Crippen molar-refractivity contribution >= 4 is 22.6 Å². The largest absolute Gasteiger partial charge is 0.456 e. The summed E-state index contributed by atoms with van der Waals surface area (Å²) in [5.41, 5.74) is 5.55. The first kappa shape index (κ1) is 12.7. The average molecular weight is 262 g/mol. The third kappa shape index (κ3) is 2.05. The molecule has 0 aliphatic rings. The SMILES string of the molecule is C/C=c1\c(=C(/C)c2ccccc2)oc2ccc(C)cc12. The smallest absolute Gasteiger partial charge is 0.138 e. The molecule has 0 bridgehead atoms. The standard InChI is InChI=1S/C19H18O/c1-4-16-17-12-13(2)10-11-18(17)20-19(16)14(3)15-8-6-5-7-9-15/h4-12H,1-3H3/b16-4-,19-14-. The van der Waals surface area contributed by atoms with Gasteiger partial charge in [-0.05, 0) is 44.0 Å². The number of hydrogen-bond acceptors (Lipinski definition) is 1. The second-order valence-corrected chi connectivity index (χ2v) is 5.12. The van der Waals surface area contributed by atoms with Crippen molar-refractivity contribution < 1.29 is 4.42 Å².